The number of carbonyl (C=O) groups excluding carboxylic acids is 1. The van der Waals surface area contributed by atoms with E-state index in [1.54, 1.807) is 7.05 Å². The summed E-state index contributed by atoms with van der Waals surface area (Å²) >= 11 is 6.46. The predicted molar refractivity (Wildman–Crippen MR) is 98.2 cm³/mol. The zero-order valence-corrected chi connectivity index (χ0v) is 14.2. The fraction of sp³-hybridized carbons (Fsp3) is 0.111. The van der Waals surface area contributed by atoms with Gasteiger partial charge in [-0.25, -0.2) is 0 Å². The summed E-state index contributed by atoms with van der Waals surface area (Å²) in [4.78, 5) is 14.2. The second-order valence-corrected chi connectivity index (χ2v) is 6.76. The summed E-state index contributed by atoms with van der Waals surface area (Å²) in [5.41, 5.74) is 2.04. The number of carbonyl (C=O) groups is 1. The molecule has 1 heterocycles. The van der Waals surface area contributed by atoms with Gasteiger partial charge < -0.3 is 4.74 Å². The van der Waals surface area contributed by atoms with Crippen molar-refractivity contribution in [1.82, 2.24) is 4.90 Å². The molecule has 0 aliphatic carbocycles. The Labute approximate surface area is 144 Å². The van der Waals surface area contributed by atoms with E-state index in [1.165, 1.54) is 16.7 Å². The predicted octanol–water partition coefficient (Wildman–Crippen LogP) is 4.10. The largest absolute Gasteiger partial charge is 0.489 e. The lowest BCUT2D eigenvalue weighted by Gasteiger charge is -2.07. The minimum absolute atomic E-state index is 0.0596. The molecular formula is C18H15NO2S2. The van der Waals surface area contributed by atoms with Crippen molar-refractivity contribution in [3.05, 3.63) is 70.6 Å². The Morgan fingerprint density at radius 3 is 2.65 bits per heavy atom. The van der Waals surface area contributed by atoms with E-state index in [9.17, 15) is 4.79 Å². The first-order chi connectivity index (χ1) is 11.1. The van der Waals surface area contributed by atoms with E-state index in [2.05, 4.69) is 0 Å². The number of likely N-dealkylation sites (N-methyl/N-ethyl adjacent to an activating group) is 1. The number of thioether (sulfide) groups is 1. The maximum atomic E-state index is 12.0. The van der Waals surface area contributed by atoms with Crippen molar-refractivity contribution in [1.29, 1.82) is 0 Å². The van der Waals surface area contributed by atoms with Crippen LogP contribution in [0.1, 0.15) is 11.1 Å². The van der Waals surface area contributed by atoms with Gasteiger partial charge in [-0.15, -0.1) is 0 Å². The normalized spacial score (nSPS) is 16.2. The molecule has 1 amide bonds. The van der Waals surface area contributed by atoms with Gasteiger partial charge in [0.1, 0.15) is 16.7 Å². The Kier molecular flexibility index (Phi) is 4.79. The molecule has 23 heavy (non-hydrogen) atoms. The molecule has 0 spiro atoms. The first kappa shape index (κ1) is 15.8. The van der Waals surface area contributed by atoms with E-state index < -0.39 is 0 Å². The number of benzene rings is 2. The molecule has 1 saturated heterocycles. The van der Waals surface area contributed by atoms with E-state index >= 15 is 0 Å². The number of hydrogen-bond donors (Lipinski definition) is 0. The van der Waals surface area contributed by atoms with E-state index in [0.29, 0.717) is 15.8 Å². The molecule has 0 N–H and O–H groups in total. The number of ether oxygens (including phenoxy) is 1. The van der Waals surface area contributed by atoms with Crippen LogP contribution in [0.4, 0.5) is 0 Å². The summed E-state index contributed by atoms with van der Waals surface area (Å²) < 4.78 is 6.39. The third-order valence-electron chi connectivity index (χ3n) is 3.39. The van der Waals surface area contributed by atoms with Gasteiger partial charge in [0.05, 0.1) is 4.91 Å². The van der Waals surface area contributed by atoms with Crippen molar-refractivity contribution < 1.29 is 9.53 Å². The van der Waals surface area contributed by atoms with Crippen molar-refractivity contribution in [3.63, 3.8) is 0 Å². The van der Waals surface area contributed by atoms with Gasteiger partial charge in [-0.1, -0.05) is 66.4 Å². The fourth-order valence-corrected chi connectivity index (χ4v) is 3.31. The lowest BCUT2D eigenvalue weighted by molar-refractivity contribution is -0.121. The van der Waals surface area contributed by atoms with Crippen LogP contribution >= 0.6 is 24.0 Å². The molecule has 1 fully saturated rings. The molecule has 2 aromatic carbocycles. The van der Waals surface area contributed by atoms with Crippen molar-refractivity contribution in [2.75, 3.05) is 7.05 Å². The Bertz CT molecular complexity index is 772. The second-order valence-electron chi connectivity index (χ2n) is 5.09. The van der Waals surface area contributed by atoms with Gasteiger partial charge in [-0.3, -0.25) is 9.69 Å². The molecule has 0 aromatic heterocycles. The maximum absolute atomic E-state index is 12.0. The molecule has 1 aliphatic rings. The number of amides is 1. The Balaban J connectivity index is 1.73. The summed E-state index contributed by atoms with van der Waals surface area (Å²) in [5, 5.41) is 0. The Morgan fingerprint density at radius 2 is 1.96 bits per heavy atom. The first-order valence-corrected chi connectivity index (χ1v) is 8.34. The summed E-state index contributed by atoms with van der Waals surface area (Å²) in [6.45, 7) is 0.515. The standard InChI is InChI=1S/C18H15NO2S2/c1-19-17(20)16(23-18(19)22)11-14-8-5-9-15(10-14)21-12-13-6-3-2-4-7-13/h2-11H,12H2,1H3. The van der Waals surface area contributed by atoms with E-state index in [4.69, 9.17) is 17.0 Å². The topological polar surface area (TPSA) is 29.5 Å². The van der Waals surface area contributed by atoms with Gasteiger partial charge in [0.25, 0.3) is 5.91 Å². The molecule has 0 bridgehead atoms. The average molecular weight is 341 g/mol. The molecule has 0 radical (unpaired) electrons. The van der Waals surface area contributed by atoms with Gasteiger partial charge in [0, 0.05) is 7.05 Å². The minimum Gasteiger partial charge on any atom is -0.489 e. The van der Waals surface area contributed by atoms with Crippen LogP contribution in [0.15, 0.2) is 59.5 Å². The van der Waals surface area contributed by atoms with E-state index in [-0.39, 0.29) is 5.91 Å². The van der Waals surface area contributed by atoms with Crippen LogP contribution in [0, 0.1) is 0 Å². The Hall–Kier alpha value is -2.11. The Morgan fingerprint density at radius 1 is 1.17 bits per heavy atom. The molecule has 0 saturated carbocycles. The highest BCUT2D eigenvalue weighted by Gasteiger charge is 2.28. The van der Waals surface area contributed by atoms with Gasteiger partial charge in [0.15, 0.2) is 0 Å². The maximum Gasteiger partial charge on any atom is 0.265 e. The van der Waals surface area contributed by atoms with Crippen LogP contribution in [0.25, 0.3) is 6.08 Å². The molecule has 0 atom stereocenters. The first-order valence-electron chi connectivity index (χ1n) is 7.12. The molecule has 5 heteroatoms. The number of rotatable bonds is 4. The third-order valence-corrected chi connectivity index (χ3v) is 4.88. The van der Waals surface area contributed by atoms with Gasteiger partial charge in [-0.05, 0) is 29.3 Å². The minimum atomic E-state index is -0.0596. The van der Waals surface area contributed by atoms with E-state index in [0.717, 1.165) is 16.9 Å². The van der Waals surface area contributed by atoms with Crippen LogP contribution in [0.2, 0.25) is 0 Å². The smallest absolute Gasteiger partial charge is 0.265 e. The zero-order valence-electron chi connectivity index (χ0n) is 12.6. The highest BCUT2D eigenvalue weighted by Crippen LogP contribution is 2.31. The highest BCUT2D eigenvalue weighted by molar-refractivity contribution is 8.26. The molecule has 3 nitrogen and oxygen atoms in total. The number of nitrogens with zero attached hydrogens (tertiary/aromatic N) is 1. The van der Waals surface area contributed by atoms with Crippen molar-refractivity contribution in [2.24, 2.45) is 0 Å². The highest BCUT2D eigenvalue weighted by atomic mass is 32.2. The molecule has 2 aromatic rings. The average Bonchev–Trinajstić information content (AvgIpc) is 2.81. The summed E-state index contributed by atoms with van der Waals surface area (Å²) in [5.74, 6) is 0.713. The van der Waals surface area contributed by atoms with Crippen molar-refractivity contribution in [3.8, 4) is 5.75 Å². The third kappa shape index (κ3) is 3.81. The lowest BCUT2D eigenvalue weighted by atomic mass is 10.2. The quantitative estimate of drug-likeness (QED) is 0.619. The monoisotopic (exact) mass is 341 g/mol. The van der Waals surface area contributed by atoms with Crippen LogP contribution in [0.5, 0.6) is 5.75 Å². The summed E-state index contributed by atoms with van der Waals surface area (Å²) in [6.07, 6.45) is 1.85. The molecule has 3 rings (SSSR count). The summed E-state index contributed by atoms with van der Waals surface area (Å²) in [7, 11) is 1.69. The molecule has 116 valence electrons. The molecular weight excluding hydrogens is 326 g/mol. The van der Waals surface area contributed by atoms with E-state index in [1.807, 2.05) is 60.7 Å². The van der Waals surface area contributed by atoms with Crippen molar-refractivity contribution >= 4 is 40.3 Å². The number of hydrogen-bond acceptors (Lipinski definition) is 4. The van der Waals surface area contributed by atoms with Gasteiger partial charge >= 0.3 is 0 Å². The lowest BCUT2D eigenvalue weighted by Crippen LogP contribution is -2.22. The summed E-state index contributed by atoms with van der Waals surface area (Å²) in [6, 6.07) is 17.7. The molecule has 1 aliphatic heterocycles. The second kappa shape index (κ2) is 6.98. The van der Waals surface area contributed by atoms with Crippen LogP contribution in [0.3, 0.4) is 0 Å². The fourth-order valence-electron chi connectivity index (χ4n) is 2.13. The van der Waals surface area contributed by atoms with Crippen molar-refractivity contribution in [2.45, 2.75) is 6.61 Å². The van der Waals surface area contributed by atoms with Crippen LogP contribution < -0.4 is 4.74 Å². The van der Waals surface area contributed by atoms with Gasteiger partial charge in [0.2, 0.25) is 0 Å². The zero-order chi connectivity index (χ0) is 16.2. The SMILES string of the molecule is CN1C(=O)C(=Cc2cccc(OCc3ccccc3)c2)SC1=S. The van der Waals surface area contributed by atoms with Crippen LogP contribution in [-0.2, 0) is 11.4 Å². The molecule has 0 unspecified atom stereocenters. The van der Waals surface area contributed by atoms with Gasteiger partial charge in [-0.2, -0.15) is 0 Å². The van der Waals surface area contributed by atoms with Crippen LogP contribution in [-0.4, -0.2) is 22.2 Å². The number of thiocarbonyl (C=S) groups is 1.